The van der Waals surface area contributed by atoms with Gasteiger partial charge in [-0.2, -0.15) is 0 Å². The van der Waals surface area contributed by atoms with Crippen molar-refractivity contribution in [2.75, 3.05) is 25.6 Å². The van der Waals surface area contributed by atoms with Crippen LogP contribution in [0.1, 0.15) is 19.0 Å². The van der Waals surface area contributed by atoms with Crippen LogP contribution in [-0.4, -0.2) is 80.6 Å². The summed E-state index contributed by atoms with van der Waals surface area (Å²) in [6.45, 7) is 1.99. The van der Waals surface area contributed by atoms with E-state index in [9.17, 15) is 19.5 Å². The molecule has 0 radical (unpaired) electrons. The number of anilines is 1. The number of hydrogen-bond donors (Lipinski definition) is 3. The molecule has 0 aliphatic carbocycles. The van der Waals surface area contributed by atoms with E-state index in [0.717, 1.165) is 28.2 Å². The average Bonchev–Trinajstić information content (AvgIpc) is 3.42. The molecule has 5 rings (SSSR count). The number of quaternary nitrogens is 1. The third-order valence-corrected chi connectivity index (χ3v) is 8.35. The lowest BCUT2D eigenvalue weighted by Gasteiger charge is -2.49. The zero-order valence-corrected chi connectivity index (χ0v) is 21.8. The Labute approximate surface area is 220 Å². The Hall–Kier alpha value is -3.75. The van der Waals surface area contributed by atoms with Crippen molar-refractivity contribution in [2.45, 2.75) is 24.8 Å². The second-order valence-corrected chi connectivity index (χ2v) is 10.9. The van der Waals surface area contributed by atoms with Gasteiger partial charge in [0.2, 0.25) is 0 Å². The van der Waals surface area contributed by atoms with E-state index >= 15 is 0 Å². The lowest BCUT2D eigenvalue weighted by molar-refractivity contribution is -0.822. The number of oxime groups is 1. The van der Waals surface area contributed by atoms with E-state index in [1.54, 1.807) is 11.6 Å². The van der Waals surface area contributed by atoms with Gasteiger partial charge in [0.05, 0.1) is 6.21 Å². The van der Waals surface area contributed by atoms with Gasteiger partial charge in [0.25, 0.3) is 11.8 Å². The summed E-state index contributed by atoms with van der Waals surface area (Å²) in [7, 11) is 3.24. The molecule has 3 atom stereocenters. The summed E-state index contributed by atoms with van der Waals surface area (Å²) in [5.41, 5.74) is 9.27. The molecule has 1 saturated heterocycles. The molecule has 0 bridgehead atoms. The molecule has 14 heteroatoms. The van der Waals surface area contributed by atoms with E-state index in [1.165, 1.54) is 23.8 Å². The fourth-order valence-electron chi connectivity index (χ4n) is 4.71. The minimum atomic E-state index is -1.19. The topological polar surface area (TPSA) is 160 Å². The van der Waals surface area contributed by atoms with Gasteiger partial charge in [0.1, 0.15) is 43.2 Å². The number of carboxylic acids is 1. The van der Waals surface area contributed by atoms with Gasteiger partial charge < -0.3 is 21.0 Å². The highest BCUT2D eigenvalue weighted by atomic mass is 32.2. The quantitative estimate of drug-likeness (QED) is 0.202. The summed E-state index contributed by atoms with van der Waals surface area (Å²) in [5, 5.41) is 22.3. The molecule has 192 valence electrons. The van der Waals surface area contributed by atoms with Gasteiger partial charge in [-0.25, -0.2) is 9.78 Å². The maximum atomic E-state index is 13.1. The van der Waals surface area contributed by atoms with Crippen molar-refractivity contribution in [3.8, 4) is 0 Å². The molecule has 4 aliphatic rings. The highest BCUT2D eigenvalue weighted by Gasteiger charge is 2.54. The van der Waals surface area contributed by atoms with Crippen LogP contribution in [0.25, 0.3) is 0 Å². The summed E-state index contributed by atoms with van der Waals surface area (Å²) in [6, 6.07) is -0.921. The first-order chi connectivity index (χ1) is 17.6. The Bertz CT molecular complexity index is 1410. The molecule has 4 aliphatic heterocycles. The normalized spacial score (nSPS) is 26.6. The number of β-lactam (4-membered cyclic amide) rings is 1. The van der Waals surface area contributed by atoms with Crippen molar-refractivity contribution in [2.24, 2.45) is 10.3 Å². The number of fused-ring (bicyclic) bond motifs is 2. The molecule has 0 aromatic carbocycles. The molecular weight excluding hydrogens is 518 g/mol. The van der Waals surface area contributed by atoms with Crippen molar-refractivity contribution in [1.29, 1.82) is 0 Å². The molecule has 1 unspecified atom stereocenters. The number of allylic oxidation sites excluding steroid dienone is 4. The second-order valence-electron chi connectivity index (χ2n) is 8.88. The van der Waals surface area contributed by atoms with Gasteiger partial charge in [-0.15, -0.1) is 27.7 Å². The number of amides is 2. The molecule has 37 heavy (non-hydrogen) atoms. The van der Waals surface area contributed by atoms with Crippen LogP contribution < -0.4 is 11.1 Å². The molecule has 4 N–H and O–H groups in total. The number of thiazole rings is 1. The molecule has 1 aromatic heterocycles. The summed E-state index contributed by atoms with van der Waals surface area (Å²) >= 11 is 2.53. The Morgan fingerprint density at radius 2 is 2.19 bits per heavy atom. The first-order valence-electron chi connectivity index (χ1n) is 11.2. The van der Waals surface area contributed by atoms with Crippen LogP contribution in [0.15, 0.2) is 62.1 Å². The standard InChI is InChI=1S/C23H23N7O5S2/c1-11-4-5-15-12(7-25-30(15,2)8-11)6-13-9-36-21-17(20(32)29(21)18(13)22(33)34)27-19(31)16(28-35-3)14-10-37-23(24)26-14/h4-5,7-8,10,17,21H,6,9H2,1-3H3,(H3-,24,26,27,31,33,34)/p+1/b28-16-/t17-,21+,30?/m1/s1. The predicted octanol–water partition coefficient (Wildman–Crippen LogP) is 1.38. The number of hydrogen-bond acceptors (Lipinski definition) is 10. The van der Waals surface area contributed by atoms with Gasteiger partial charge in [-0.1, -0.05) is 10.3 Å². The minimum Gasteiger partial charge on any atom is -0.477 e. The number of aromatic nitrogens is 1. The van der Waals surface area contributed by atoms with E-state index < -0.39 is 29.2 Å². The van der Waals surface area contributed by atoms with Gasteiger partial charge >= 0.3 is 5.97 Å². The van der Waals surface area contributed by atoms with Crippen LogP contribution in [0.5, 0.6) is 0 Å². The van der Waals surface area contributed by atoms with Gasteiger partial charge in [-0.05, 0) is 18.6 Å². The molecule has 0 saturated carbocycles. The monoisotopic (exact) mass is 542 g/mol. The highest BCUT2D eigenvalue weighted by Crippen LogP contribution is 2.43. The van der Waals surface area contributed by atoms with Crippen LogP contribution in [-0.2, 0) is 19.2 Å². The Morgan fingerprint density at radius 1 is 1.41 bits per heavy atom. The number of carbonyl (C=O) groups excluding carboxylic acids is 2. The summed E-state index contributed by atoms with van der Waals surface area (Å²) < 4.78 is 0.274. The smallest absolute Gasteiger partial charge is 0.352 e. The third-order valence-electron chi connectivity index (χ3n) is 6.33. The van der Waals surface area contributed by atoms with Gasteiger partial charge in [-0.3, -0.25) is 14.5 Å². The summed E-state index contributed by atoms with van der Waals surface area (Å²) in [5.74, 6) is -1.98. The van der Waals surface area contributed by atoms with E-state index in [2.05, 4.69) is 20.6 Å². The Kier molecular flexibility index (Phi) is 6.25. The van der Waals surface area contributed by atoms with Crippen LogP contribution in [0.3, 0.4) is 0 Å². The predicted molar refractivity (Wildman–Crippen MR) is 139 cm³/mol. The molecular formula is C23H24N7O5S2+. The summed E-state index contributed by atoms with van der Waals surface area (Å²) in [6.07, 6.45) is 8.12. The second kappa shape index (κ2) is 9.28. The van der Waals surface area contributed by atoms with E-state index in [0.29, 0.717) is 17.7 Å². The Morgan fingerprint density at radius 3 is 2.86 bits per heavy atom. The third kappa shape index (κ3) is 4.26. The average molecular weight is 543 g/mol. The number of rotatable bonds is 7. The summed E-state index contributed by atoms with van der Waals surface area (Å²) in [4.78, 5) is 48.4. The largest absolute Gasteiger partial charge is 0.477 e. The number of carbonyl (C=O) groups is 3. The molecule has 12 nitrogen and oxygen atoms in total. The van der Waals surface area contributed by atoms with Gasteiger partial charge in [0.15, 0.2) is 16.5 Å². The maximum absolute atomic E-state index is 13.1. The number of nitrogens with zero attached hydrogens (tertiary/aromatic N) is 5. The lowest BCUT2D eigenvalue weighted by atomic mass is 9.97. The number of thioether (sulfide) groups is 1. The number of nitrogens with two attached hydrogens (primary N) is 1. The zero-order chi connectivity index (χ0) is 26.5. The van der Waals surface area contributed by atoms with Crippen LogP contribution >= 0.6 is 23.1 Å². The molecule has 0 spiro atoms. The van der Waals surface area contributed by atoms with E-state index in [-0.39, 0.29) is 26.8 Å². The fourth-order valence-corrected chi connectivity index (χ4v) is 6.60. The number of carboxylic acid groups (broad SMARTS) is 1. The van der Waals surface area contributed by atoms with Crippen LogP contribution in [0.4, 0.5) is 5.13 Å². The first-order valence-corrected chi connectivity index (χ1v) is 13.1. The highest BCUT2D eigenvalue weighted by molar-refractivity contribution is 8.00. The maximum Gasteiger partial charge on any atom is 0.352 e. The first kappa shape index (κ1) is 24.9. The molecule has 1 aromatic rings. The van der Waals surface area contributed by atoms with Crippen LogP contribution in [0.2, 0.25) is 0 Å². The lowest BCUT2D eigenvalue weighted by Crippen LogP contribution is -2.71. The number of aliphatic carboxylic acids is 1. The number of nitrogen functional groups attached to an aromatic ring is 1. The molecule has 1 fully saturated rings. The molecule has 2 amide bonds. The number of likely N-dealkylation sites (N-methyl/N-ethyl adjacent to an activating group) is 1. The van der Waals surface area contributed by atoms with Crippen molar-refractivity contribution in [1.82, 2.24) is 15.2 Å². The van der Waals surface area contributed by atoms with Crippen molar-refractivity contribution in [3.63, 3.8) is 0 Å². The van der Waals surface area contributed by atoms with E-state index in [1.807, 2.05) is 32.3 Å². The Balaban J connectivity index is 1.37. The van der Waals surface area contributed by atoms with Crippen molar-refractivity contribution < 1.29 is 28.9 Å². The minimum absolute atomic E-state index is 0.0496. The number of nitrogens with one attached hydrogen (secondary N) is 1. The van der Waals surface area contributed by atoms with Crippen molar-refractivity contribution >= 4 is 57.9 Å². The van der Waals surface area contributed by atoms with Crippen molar-refractivity contribution in [3.05, 3.63) is 57.5 Å². The van der Waals surface area contributed by atoms with Crippen LogP contribution in [0, 0.1) is 0 Å². The van der Waals surface area contributed by atoms with Gasteiger partial charge in [0, 0.05) is 34.8 Å². The zero-order valence-electron chi connectivity index (χ0n) is 20.2. The fraction of sp³-hybridized carbons (Fsp3) is 0.304. The van der Waals surface area contributed by atoms with E-state index in [4.69, 9.17) is 10.6 Å². The molecule has 5 heterocycles. The SMILES string of the molecule is CO/N=C(\C(=O)N[C@@H]1C(=O)N2C(C(=O)O)=C(CC3=C4C=CC(C)=C[N+]4(C)N=C3)CS[C@@H]12)c1csc(N)n1.